The number of β-amino-alcohol motifs (C(OH)–C–C–N with tert-alkyl or cyclic N) is 1. The first-order chi connectivity index (χ1) is 11.6. The molecule has 3 heterocycles. The molecule has 130 valence electrons. The number of carbonyl (C=O) groups excluding carboxylic acids is 1. The number of aliphatic hydroxyl groups excluding tert-OH is 1. The fraction of sp³-hybridized carbons (Fsp3) is 0.632. The maximum Gasteiger partial charge on any atom is 0.338 e. The number of cyclic esters (lactones) is 1. The van der Waals surface area contributed by atoms with Crippen molar-refractivity contribution in [2.24, 2.45) is 5.41 Å². The van der Waals surface area contributed by atoms with Crippen LogP contribution in [0.3, 0.4) is 0 Å². The number of likely N-dealkylation sites (tertiary alicyclic amines) is 1. The summed E-state index contributed by atoms with van der Waals surface area (Å²) in [5.41, 5.74) is 4.01. The average molecular weight is 330 g/mol. The van der Waals surface area contributed by atoms with Crippen LogP contribution in [-0.2, 0) is 11.3 Å². The van der Waals surface area contributed by atoms with Gasteiger partial charge in [-0.3, -0.25) is 0 Å². The van der Waals surface area contributed by atoms with Crippen molar-refractivity contribution in [1.82, 2.24) is 10.2 Å². The second-order valence-electron chi connectivity index (χ2n) is 7.63. The third kappa shape index (κ3) is 2.75. The number of piperidine rings is 1. The van der Waals surface area contributed by atoms with Gasteiger partial charge in [0.1, 0.15) is 6.61 Å². The van der Waals surface area contributed by atoms with E-state index in [1.165, 1.54) is 19.3 Å². The Balaban J connectivity index is 1.42. The van der Waals surface area contributed by atoms with Crippen LogP contribution in [0.1, 0.15) is 52.4 Å². The van der Waals surface area contributed by atoms with Gasteiger partial charge in [0.25, 0.3) is 0 Å². The van der Waals surface area contributed by atoms with Crippen molar-refractivity contribution in [2.75, 3.05) is 32.7 Å². The van der Waals surface area contributed by atoms with Gasteiger partial charge in [-0.1, -0.05) is 6.07 Å². The molecular formula is C19H26N2O3. The molecule has 0 aromatic heterocycles. The molecule has 2 saturated heterocycles. The number of benzene rings is 1. The summed E-state index contributed by atoms with van der Waals surface area (Å²) in [5.74, 6) is -0.249. The second kappa shape index (κ2) is 6.14. The van der Waals surface area contributed by atoms with Gasteiger partial charge in [-0.2, -0.15) is 0 Å². The van der Waals surface area contributed by atoms with Crippen molar-refractivity contribution in [3.63, 3.8) is 0 Å². The zero-order chi connectivity index (χ0) is 16.7. The Morgan fingerprint density at radius 1 is 1.33 bits per heavy atom. The molecule has 1 atom stereocenters. The minimum atomic E-state index is -0.512. The van der Waals surface area contributed by atoms with E-state index in [4.69, 9.17) is 4.74 Å². The lowest BCUT2D eigenvalue weighted by atomic mass is 9.78. The van der Waals surface area contributed by atoms with E-state index in [2.05, 4.69) is 10.2 Å². The Hall–Kier alpha value is -1.43. The SMILES string of the molecule is Cc1c(C(O)CN2CCC3(CCNC3)CC2)ccc2c1COC2=O. The van der Waals surface area contributed by atoms with E-state index in [-0.39, 0.29) is 5.97 Å². The quantitative estimate of drug-likeness (QED) is 0.827. The summed E-state index contributed by atoms with van der Waals surface area (Å²) in [6.07, 6.45) is 3.22. The van der Waals surface area contributed by atoms with Gasteiger partial charge in [-0.25, -0.2) is 4.79 Å². The molecular weight excluding hydrogens is 304 g/mol. The molecule has 0 amide bonds. The highest BCUT2D eigenvalue weighted by Gasteiger charge is 2.37. The third-order valence-corrected chi connectivity index (χ3v) is 6.25. The summed E-state index contributed by atoms with van der Waals surface area (Å²) in [6.45, 7) is 7.40. The maximum absolute atomic E-state index is 11.6. The first-order valence-corrected chi connectivity index (χ1v) is 8.99. The van der Waals surface area contributed by atoms with Crippen molar-refractivity contribution < 1.29 is 14.6 Å². The molecule has 0 radical (unpaired) electrons. The molecule has 0 bridgehead atoms. The lowest BCUT2D eigenvalue weighted by molar-refractivity contribution is 0.0534. The molecule has 4 rings (SSSR count). The van der Waals surface area contributed by atoms with Gasteiger partial charge in [0.2, 0.25) is 0 Å². The number of nitrogens with zero attached hydrogens (tertiary/aromatic N) is 1. The molecule has 2 fully saturated rings. The molecule has 3 aliphatic rings. The van der Waals surface area contributed by atoms with Gasteiger partial charge >= 0.3 is 5.97 Å². The van der Waals surface area contributed by atoms with Crippen molar-refractivity contribution >= 4 is 5.97 Å². The zero-order valence-corrected chi connectivity index (χ0v) is 14.3. The molecule has 24 heavy (non-hydrogen) atoms. The number of fused-ring (bicyclic) bond motifs is 1. The molecule has 1 unspecified atom stereocenters. The predicted octanol–water partition coefficient (Wildman–Crippen LogP) is 1.77. The van der Waals surface area contributed by atoms with Crippen LogP contribution in [0.5, 0.6) is 0 Å². The number of carbonyl (C=O) groups is 1. The summed E-state index contributed by atoms with van der Waals surface area (Å²) in [5, 5.41) is 14.2. The molecule has 1 aromatic carbocycles. The van der Waals surface area contributed by atoms with E-state index in [0.29, 0.717) is 24.1 Å². The Labute approximate surface area is 143 Å². The van der Waals surface area contributed by atoms with Crippen molar-refractivity contribution in [3.8, 4) is 0 Å². The van der Waals surface area contributed by atoms with Crippen LogP contribution in [0.4, 0.5) is 0 Å². The zero-order valence-electron chi connectivity index (χ0n) is 14.3. The number of hydrogen-bond acceptors (Lipinski definition) is 5. The number of ether oxygens (including phenoxy) is 1. The Morgan fingerprint density at radius 2 is 2.12 bits per heavy atom. The van der Waals surface area contributed by atoms with Gasteiger partial charge in [-0.15, -0.1) is 0 Å². The summed E-state index contributed by atoms with van der Waals surface area (Å²) >= 11 is 0. The number of aliphatic hydroxyl groups is 1. The van der Waals surface area contributed by atoms with Crippen LogP contribution in [0.2, 0.25) is 0 Å². The summed E-state index contributed by atoms with van der Waals surface area (Å²) in [6, 6.07) is 3.68. The molecule has 3 aliphatic heterocycles. The van der Waals surface area contributed by atoms with Crippen molar-refractivity contribution in [2.45, 2.75) is 38.9 Å². The van der Waals surface area contributed by atoms with Crippen LogP contribution >= 0.6 is 0 Å². The van der Waals surface area contributed by atoms with Crippen LogP contribution in [0, 0.1) is 12.3 Å². The highest BCUT2D eigenvalue weighted by molar-refractivity contribution is 5.93. The smallest absolute Gasteiger partial charge is 0.338 e. The molecule has 5 nitrogen and oxygen atoms in total. The van der Waals surface area contributed by atoms with E-state index in [1.807, 2.05) is 13.0 Å². The number of esters is 1. The largest absolute Gasteiger partial charge is 0.457 e. The minimum Gasteiger partial charge on any atom is -0.457 e. The Kier molecular flexibility index (Phi) is 4.11. The molecule has 1 spiro atoms. The van der Waals surface area contributed by atoms with E-state index >= 15 is 0 Å². The van der Waals surface area contributed by atoms with Crippen LogP contribution in [-0.4, -0.2) is 48.7 Å². The molecule has 0 aliphatic carbocycles. The van der Waals surface area contributed by atoms with E-state index in [9.17, 15) is 9.90 Å². The fourth-order valence-electron chi connectivity index (χ4n) is 4.50. The molecule has 1 aromatic rings. The van der Waals surface area contributed by atoms with E-state index < -0.39 is 6.10 Å². The van der Waals surface area contributed by atoms with Gasteiger partial charge in [0, 0.05) is 18.7 Å². The summed E-state index contributed by atoms with van der Waals surface area (Å²) in [7, 11) is 0. The number of hydrogen-bond donors (Lipinski definition) is 2. The Bertz CT molecular complexity index is 642. The topological polar surface area (TPSA) is 61.8 Å². The minimum absolute atomic E-state index is 0.249. The highest BCUT2D eigenvalue weighted by atomic mass is 16.5. The summed E-state index contributed by atoms with van der Waals surface area (Å²) in [4.78, 5) is 14.0. The lowest BCUT2D eigenvalue weighted by Crippen LogP contribution is -2.42. The number of rotatable bonds is 3. The van der Waals surface area contributed by atoms with Crippen LogP contribution < -0.4 is 5.32 Å². The van der Waals surface area contributed by atoms with Crippen molar-refractivity contribution in [1.29, 1.82) is 0 Å². The maximum atomic E-state index is 11.6. The normalized spacial score (nSPS) is 24.2. The Morgan fingerprint density at radius 3 is 2.83 bits per heavy atom. The summed E-state index contributed by atoms with van der Waals surface area (Å²) < 4.78 is 5.11. The van der Waals surface area contributed by atoms with Crippen LogP contribution in [0.25, 0.3) is 0 Å². The third-order valence-electron chi connectivity index (χ3n) is 6.25. The predicted molar refractivity (Wildman–Crippen MR) is 90.9 cm³/mol. The molecule has 5 heteroatoms. The number of nitrogens with one attached hydrogen (secondary N) is 1. The molecule has 2 N–H and O–H groups in total. The average Bonchev–Trinajstić information content (AvgIpc) is 3.18. The van der Waals surface area contributed by atoms with Gasteiger partial charge in [0.05, 0.1) is 11.7 Å². The van der Waals surface area contributed by atoms with Crippen LogP contribution in [0.15, 0.2) is 12.1 Å². The standard InChI is InChI=1S/C19H26N2O3/c1-13-14(2-3-15-16(13)11-24-18(15)23)17(22)10-21-8-5-19(6-9-21)4-7-20-12-19/h2-3,17,20,22H,4-12H2,1H3. The van der Waals surface area contributed by atoms with E-state index in [1.54, 1.807) is 6.07 Å². The first kappa shape index (κ1) is 16.1. The van der Waals surface area contributed by atoms with Crippen molar-refractivity contribution in [3.05, 3.63) is 34.4 Å². The second-order valence-corrected chi connectivity index (χ2v) is 7.63. The van der Waals surface area contributed by atoms with Gasteiger partial charge in [0.15, 0.2) is 0 Å². The fourth-order valence-corrected chi connectivity index (χ4v) is 4.50. The lowest BCUT2D eigenvalue weighted by Gasteiger charge is -2.39. The van der Waals surface area contributed by atoms with Gasteiger partial charge < -0.3 is 20.1 Å². The first-order valence-electron chi connectivity index (χ1n) is 8.99. The van der Waals surface area contributed by atoms with Gasteiger partial charge in [-0.05, 0) is 68.4 Å². The van der Waals surface area contributed by atoms with E-state index in [0.717, 1.165) is 42.9 Å². The molecule has 0 saturated carbocycles. The monoisotopic (exact) mass is 330 g/mol. The highest BCUT2D eigenvalue weighted by Crippen LogP contribution is 2.37.